The molecule has 7 nitrogen and oxygen atoms in total. The van der Waals surface area contributed by atoms with Crippen molar-refractivity contribution in [3.63, 3.8) is 0 Å². The minimum absolute atomic E-state index is 0.0503. The van der Waals surface area contributed by atoms with Crippen LogP contribution in [-0.2, 0) is 32.5 Å². The lowest BCUT2D eigenvalue weighted by atomic mass is 10.3. The standard InChI is InChI=1S/C10H12ClN3O4S3/c1-14-7-9(6-12-14)21(17,18)13-5-4-8-2-3-10(19-8)20(11,15)16/h2-3,6-7,13H,4-5H2,1H3. The van der Waals surface area contributed by atoms with Crippen LogP contribution in [0, 0.1) is 0 Å². The first kappa shape index (κ1) is 16.4. The average Bonchev–Trinajstić information content (AvgIpc) is 2.97. The summed E-state index contributed by atoms with van der Waals surface area (Å²) in [5.41, 5.74) is 0. The van der Waals surface area contributed by atoms with E-state index in [0.717, 1.165) is 16.2 Å². The molecule has 0 saturated carbocycles. The zero-order chi connectivity index (χ0) is 15.7. The van der Waals surface area contributed by atoms with E-state index in [9.17, 15) is 16.8 Å². The summed E-state index contributed by atoms with van der Waals surface area (Å²) in [5, 5.41) is 3.80. The fourth-order valence-corrected chi connectivity index (χ4v) is 4.69. The maximum Gasteiger partial charge on any atom is 0.270 e. The summed E-state index contributed by atoms with van der Waals surface area (Å²) in [4.78, 5) is 0.809. The average molecular weight is 370 g/mol. The van der Waals surface area contributed by atoms with Crippen LogP contribution in [0.15, 0.2) is 33.6 Å². The maximum atomic E-state index is 11.9. The molecule has 0 atom stereocenters. The Balaban J connectivity index is 1.97. The molecule has 0 bridgehead atoms. The Hall–Kier alpha value is -0.940. The quantitative estimate of drug-likeness (QED) is 0.764. The highest BCUT2D eigenvalue weighted by molar-refractivity contribution is 8.15. The van der Waals surface area contributed by atoms with E-state index in [0.29, 0.717) is 6.42 Å². The molecular weight excluding hydrogens is 358 g/mol. The zero-order valence-corrected chi connectivity index (χ0v) is 14.1. The SMILES string of the molecule is Cn1cc(S(=O)(=O)NCCc2ccc(S(=O)(=O)Cl)s2)cn1. The van der Waals surface area contributed by atoms with E-state index < -0.39 is 19.1 Å². The largest absolute Gasteiger partial charge is 0.274 e. The number of hydrogen-bond donors (Lipinski definition) is 1. The van der Waals surface area contributed by atoms with Crippen LogP contribution >= 0.6 is 22.0 Å². The number of sulfonamides is 1. The number of halogens is 1. The van der Waals surface area contributed by atoms with Gasteiger partial charge in [0.15, 0.2) is 0 Å². The van der Waals surface area contributed by atoms with Gasteiger partial charge in [-0.25, -0.2) is 21.6 Å². The number of hydrogen-bond acceptors (Lipinski definition) is 6. The van der Waals surface area contributed by atoms with Crippen molar-refractivity contribution in [1.82, 2.24) is 14.5 Å². The van der Waals surface area contributed by atoms with E-state index in [-0.39, 0.29) is 15.6 Å². The highest BCUT2D eigenvalue weighted by Crippen LogP contribution is 2.24. The second kappa shape index (κ2) is 6.05. The van der Waals surface area contributed by atoms with Crippen LogP contribution in [0.25, 0.3) is 0 Å². The highest BCUT2D eigenvalue weighted by Gasteiger charge is 2.16. The molecule has 116 valence electrons. The predicted octanol–water partition coefficient (Wildman–Crippen LogP) is 0.930. The zero-order valence-electron chi connectivity index (χ0n) is 10.9. The normalized spacial score (nSPS) is 12.7. The van der Waals surface area contributed by atoms with Crippen LogP contribution < -0.4 is 4.72 Å². The molecule has 0 saturated heterocycles. The van der Waals surface area contributed by atoms with Crippen molar-refractivity contribution >= 4 is 41.1 Å². The summed E-state index contributed by atoms with van der Waals surface area (Å²) in [6.45, 7) is 0.152. The van der Waals surface area contributed by atoms with Gasteiger partial charge in [0.2, 0.25) is 10.0 Å². The van der Waals surface area contributed by atoms with E-state index in [1.165, 1.54) is 23.1 Å². The highest BCUT2D eigenvalue weighted by atomic mass is 35.7. The Labute approximate surface area is 131 Å². The van der Waals surface area contributed by atoms with Gasteiger partial charge in [0.25, 0.3) is 9.05 Å². The second-order valence-corrected chi connectivity index (χ2v) is 9.88. The number of thiophene rings is 1. The van der Waals surface area contributed by atoms with Crippen LogP contribution in [0.4, 0.5) is 0 Å². The molecule has 2 rings (SSSR count). The van der Waals surface area contributed by atoms with Crippen molar-refractivity contribution in [2.24, 2.45) is 7.05 Å². The summed E-state index contributed by atoms with van der Waals surface area (Å²) in [7, 11) is -0.492. The monoisotopic (exact) mass is 369 g/mol. The first-order valence-electron chi connectivity index (χ1n) is 5.70. The Kier molecular flexibility index (Phi) is 4.73. The summed E-state index contributed by atoms with van der Waals surface area (Å²) < 4.78 is 50.0. The third-order valence-corrected chi connectivity index (χ3v) is 7.19. The minimum Gasteiger partial charge on any atom is -0.274 e. The van der Waals surface area contributed by atoms with Crippen molar-refractivity contribution in [3.8, 4) is 0 Å². The molecule has 2 aromatic rings. The molecule has 0 spiro atoms. The van der Waals surface area contributed by atoms with Crippen LogP contribution in [0.5, 0.6) is 0 Å². The van der Waals surface area contributed by atoms with Crippen molar-refractivity contribution in [2.45, 2.75) is 15.5 Å². The van der Waals surface area contributed by atoms with E-state index >= 15 is 0 Å². The first-order chi connectivity index (χ1) is 9.68. The Morgan fingerprint density at radius 3 is 2.57 bits per heavy atom. The van der Waals surface area contributed by atoms with Gasteiger partial charge in [0.05, 0.1) is 6.20 Å². The molecule has 11 heteroatoms. The minimum atomic E-state index is -3.73. The molecule has 0 aliphatic heterocycles. The number of nitrogens with one attached hydrogen (secondary N) is 1. The lowest BCUT2D eigenvalue weighted by Crippen LogP contribution is -2.25. The van der Waals surface area contributed by atoms with Crippen molar-refractivity contribution in [2.75, 3.05) is 6.54 Å². The Morgan fingerprint density at radius 1 is 1.33 bits per heavy atom. The fraction of sp³-hybridized carbons (Fsp3) is 0.300. The summed E-state index contributed by atoms with van der Waals surface area (Å²) in [6.07, 6.45) is 3.02. The van der Waals surface area contributed by atoms with Gasteiger partial charge in [0, 0.05) is 35.3 Å². The van der Waals surface area contributed by atoms with Crippen molar-refractivity contribution < 1.29 is 16.8 Å². The number of aryl methyl sites for hydroxylation is 1. The molecule has 21 heavy (non-hydrogen) atoms. The molecule has 0 aliphatic rings. The Morgan fingerprint density at radius 2 is 2.05 bits per heavy atom. The Bertz CT molecular complexity index is 839. The van der Waals surface area contributed by atoms with Crippen LogP contribution in [-0.4, -0.2) is 33.2 Å². The van der Waals surface area contributed by atoms with E-state index in [4.69, 9.17) is 10.7 Å². The van der Waals surface area contributed by atoms with Gasteiger partial charge < -0.3 is 0 Å². The lowest BCUT2D eigenvalue weighted by Gasteiger charge is -2.03. The second-order valence-electron chi connectivity index (χ2n) is 4.16. The van der Waals surface area contributed by atoms with Gasteiger partial charge in [-0.3, -0.25) is 4.68 Å². The van der Waals surface area contributed by atoms with Crippen molar-refractivity contribution in [1.29, 1.82) is 0 Å². The van der Waals surface area contributed by atoms with Crippen LogP contribution in [0.2, 0.25) is 0 Å². The molecule has 2 aromatic heterocycles. The van der Waals surface area contributed by atoms with Gasteiger partial charge in [-0.2, -0.15) is 5.10 Å². The molecule has 0 aromatic carbocycles. The fourth-order valence-electron chi connectivity index (χ4n) is 1.55. The smallest absolute Gasteiger partial charge is 0.270 e. The molecule has 0 unspecified atom stereocenters. The molecule has 0 radical (unpaired) electrons. The van der Waals surface area contributed by atoms with E-state index in [2.05, 4.69) is 9.82 Å². The van der Waals surface area contributed by atoms with Gasteiger partial charge >= 0.3 is 0 Å². The molecule has 1 N–H and O–H groups in total. The predicted molar refractivity (Wildman–Crippen MR) is 79.5 cm³/mol. The summed E-state index contributed by atoms with van der Waals surface area (Å²) in [6, 6.07) is 3.01. The van der Waals surface area contributed by atoms with Crippen molar-refractivity contribution in [3.05, 3.63) is 29.4 Å². The third kappa shape index (κ3) is 4.27. The number of nitrogens with zero attached hydrogens (tertiary/aromatic N) is 2. The molecule has 0 fully saturated rings. The summed E-state index contributed by atoms with van der Waals surface area (Å²) >= 11 is 1.02. The van der Waals surface area contributed by atoms with Crippen LogP contribution in [0.3, 0.4) is 0 Å². The third-order valence-electron chi connectivity index (χ3n) is 2.53. The van der Waals surface area contributed by atoms with Crippen LogP contribution in [0.1, 0.15) is 4.88 Å². The van der Waals surface area contributed by atoms with Gasteiger partial charge in [-0.15, -0.1) is 11.3 Å². The van der Waals surface area contributed by atoms with Gasteiger partial charge in [0.1, 0.15) is 9.10 Å². The molecule has 0 amide bonds. The molecular formula is C10H12ClN3O4S3. The lowest BCUT2D eigenvalue weighted by molar-refractivity contribution is 0.581. The topological polar surface area (TPSA) is 98.1 Å². The molecule has 0 aliphatic carbocycles. The number of rotatable bonds is 6. The van der Waals surface area contributed by atoms with Gasteiger partial charge in [-0.05, 0) is 18.6 Å². The number of aromatic nitrogens is 2. The van der Waals surface area contributed by atoms with E-state index in [1.54, 1.807) is 13.1 Å². The van der Waals surface area contributed by atoms with Gasteiger partial charge in [-0.1, -0.05) is 0 Å². The maximum absolute atomic E-state index is 11.9. The van der Waals surface area contributed by atoms with E-state index in [1.807, 2.05) is 0 Å². The first-order valence-corrected chi connectivity index (χ1v) is 10.3. The summed E-state index contributed by atoms with van der Waals surface area (Å²) in [5.74, 6) is 0. The molecule has 2 heterocycles.